The molecule has 0 radical (unpaired) electrons. The fourth-order valence-corrected chi connectivity index (χ4v) is 1.13. The van der Waals surface area contributed by atoms with Crippen molar-refractivity contribution in [1.82, 2.24) is 0 Å². The molecule has 2 N–H and O–H groups in total. The molecule has 0 fully saturated rings. The summed E-state index contributed by atoms with van der Waals surface area (Å²) in [5.41, 5.74) is 1.08. The number of halogens is 1. The molecule has 0 bridgehead atoms. The lowest BCUT2D eigenvalue weighted by molar-refractivity contribution is -0.131. The van der Waals surface area contributed by atoms with E-state index in [0.29, 0.717) is 17.8 Å². The summed E-state index contributed by atoms with van der Waals surface area (Å²) in [4.78, 5) is 10.4. The van der Waals surface area contributed by atoms with Gasteiger partial charge in [-0.05, 0) is 24.6 Å². The number of nitrogens with one attached hydrogen (secondary N) is 1. The van der Waals surface area contributed by atoms with Gasteiger partial charge in [-0.15, -0.1) is 0 Å². The van der Waals surface area contributed by atoms with Crippen LogP contribution in [-0.2, 0) is 4.79 Å². The van der Waals surface area contributed by atoms with Crippen LogP contribution in [0.5, 0.6) is 0 Å². The van der Waals surface area contributed by atoms with Gasteiger partial charge < -0.3 is 10.4 Å². The van der Waals surface area contributed by atoms with Crippen LogP contribution in [0.4, 0.5) is 10.1 Å². The average Bonchev–Trinajstić information content (AvgIpc) is 2.16. The van der Waals surface area contributed by atoms with Crippen molar-refractivity contribution in [3.05, 3.63) is 41.9 Å². The van der Waals surface area contributed by atoms with Crippen molar-refractivity contribution < 1.29 is 14.3 Å². The highest BCUT2D eigenvalue weighted by atomic mass is 19.1. The number of carbonyl (C=O) groups is 1. The Hall–Kier alpha value is -1.84. The van der Waals surface area contributed by atoms with Gasteiger partial charge >= 0.3 is 5.97 Å². The Kier molecular flexibility index (Phi) is 3.85. The molecule has 0 unspecified atom stereocenters. The highest BCUT2D eigenvalue weighted by molar-refractivity contribution is 5.81. The molecule has 0 saturated heterocycles. The Morgan fingerprint density at radius 3 is 2.87 bits per heavy atom. The van der Waals surface area contributed by atoms with Crippen molar-refractivity contribution in [2.45, 2.75) is 13.3 Å². The van der Waals surface area contributed by atoms with Gasteiger partial charge in [0.25, 0.3) is 0 Å². The lowest BCUT2D eigenvalue weighted by Gasteiger charge is -2.07. The van der Waals surface area contributed by atoms with Crippen LogP contribution in [0.3, 0.4) is 0 Å². The standard InChI is InChI=1S/C11H12FNO2/c1-2-9(7-11(14)15)13-10-5-3-4-8(12)6-10/h3-7,13H,2H2,1H3,(H,14,15). The molecule has 0 amide bonds. The molecule has 4 heteroatoms. The van der Waals surface area contributed by atoms with E-state index in [2.05, 4.69) is 5.32 Å². The van der Waals surface area contributed by atoms with Crippen molar-refractivity contribution in [2.24, 2.45) is 0 Å². The largest absolute Gasteiger partial charge is 0.478 e. The number of anilines is 1. The van der Waals surface area contributed by atoms with Gasteiger partial charge in [0.1, 0.15) is 5.82 Å². The monoisotopic (exact) mass is 209 g/mol. The molecule has 15 heavy (non-hydrogen) atoms. The van der Waals surface area contributed by atoms with Crippen LogP contribution in [0.25, 0.3) is 0 Å². The number of benzene rings is 1. The first-order valence-corrected chi connectivity index (χ1v) is 4.58. The molecule has 1 aromatic rings. The molecule has 0 atom stereocenters. The second kappa shape index (κ2) is 5.14. The molecule has 0 aromatic heterocycles. The van der Waals surface area contributed by atoms with Crippen molar-refractivity contribution >= 4 is 11.7 Å². The predicted octanol–water partition coefficient (Wildman–Crippen LogP) is 2.62. The zero-order chi connectivity index (χ0) is 11.3. The van der Waals surface area contributed by atoms with E-state index in [-0.39, 0.29) is 5.82 Å². The second-order valence-electron chi connectivity index (χ2n) is 3.00. The van der Waals surface area contributed by atoms with E-state index < -0.39 is 5.97 Å². The lowest BCUT2D eigenvalue weighted by atomic mass is 10.2. The number of carboxylic acid groups (broad SMARTS) is 1. The van der Waals surface area contributed by atoms with E-state index >= 15 is 0 Å². The van der Waals surface area contributed by atoms with Gasteiger partial charge in [0, 0.05) is 17.5 Å². The van der Waals surface area contributed by atoms with Crippen LogP contribution in [0.15, 0.2) is 36.0 Å². The molecule has 1 aromatic carbocycles. The summed E-state index contributed by atoms with van der Waals surface area (Å²) in [5.74, 6) is -1.37. The normalized spacial score (nSPS) is 11.2. The second-order valence-corrected chi connectivity index (χ2v) is 3.00. The Morgan fingerprint density at radius 1 is 1.60 bits per heavy atom. The van der Waals surface area contributed by atoms with E-state index in [1.54, 1.807) is 12.1 Å². The zero-order valence-corrected chi connectivity index (χ0v) is 8.33. The van der Waals surface area contributed by atoms with Crippen molar-refractivity contribution in [1.29, 1.82) is 0 Å². The number of hydrogen-bond acceptors (Lipinski definition) is 2. The quantitative estimate of drug-likeness (QED) is 0.749. The molecule has 0 saturated carbocycles. The molecule has 0 heterocycles. The minimum atomic E-state index is -1.02. The summed E-state index contributed by atoms with van der Waals surface area (Å²) < 4.78 is 12.8. The van der Waals surface area contributed by atoms with Gasteiger partial charge in [-0.25, -0.2) is 9.18 Å². The number of hydrogen-bond donors (Lipinski definition) is 2. The highest BCUT2D eigenvalue weighted by Crippen LogP contribution is 2.13. The molecular weight excluding hydrogens is 197 g/mol. The minimum Gasteiger partial charge on any atom is -0.478 e. The van der Waals surface area contributed by atoms with Crippen LogP contribution < -0.4 is 5.32 Å². The summed E-state index contributed by atoms with van der Waals surface area (Å²) in [7, 11) is 0. The Bertz CT molecular complexity index is 388. The summed E-state index contributed by atoms with van der Waals surface area (Å²) >= 11 is 0. The molecule has 1 rings (SSSR count). The van der Waals surface area contributed by atoms with Crippen molar-refractivity contribution in [3.8, 4) is 0 Å². The van der Waals surface area contributed by atoms with E-state index in [9.17, 15) is 9.18 Å². The summed E-state index contributed by atoms with van der Waals surface area (Å²) in [6, 6.07) is 5.88. The minimum absolute atomic E-state index is 0.356. The third kappa shape index (κ3) is 3.81. The van der Waals surface area contributed by atoms with E-state index in [4.69, 9.17) is 5.11 Å². The number of aliphatic carboxylic acids is 1. The lowest BCUT2D eigenvalue weighted by Crippen LogP contribution is -2.02. The number of carboxylic acids is 1. The summed E-state index contributed by atoms with van der Waals surface area (Å²) in [6.45, 7) is 1.82. The molecular formula is C11H12FNO2. The van der Waals surface area contributed by atoms with E-state index in [1.807, 2.05) is 6.92 Å². The fraction of sp³-hybridized carbons (Fsp3) is 0.182. The predicted molar refractivity (Wildman–Crippen MR) is 56.0 cm³/mol. The molecule has 0 aliphatic rings. The Balaban J connectivity index is 2.80. The summed E-state index contributed by atoms with van der Waals surface area (Å²) in [6.07, 6.45) is 1.62. The van der Waals surface area contributed by atoms with Crippen LogP contribution >= 0.6 is 0 Å². The maximum Gasteiger partial charge on any atom is 0.330 e. The fourth-order valence-electron chi connectivity index (χ4n) is 1.13. The average molecular weight is 209 g/mol. The highest BCUT2D eigenvalue weighted by Gasteiger charge is 1.99. The SMILES string of the molecule is CCC(=CC(=O)O)Nc1cccc(F)c1. The zero-order valence-electron chi connectivity index (χ0n) is 8.33. The van der Waals surface area contributed by atoms with Crippen molar-refractivity contribution in [2.75, 3.05) is 5.32 Å². The van der Waals surface area contributed by atoms with Gasteiger partial charge in [-0.2, -0.15) is 0 Å². The van der Waals surface area contributed by atoms with Crippen LogP contribution in [0.2, 0.25) is 0 Å². The van der Waals surface area contributed by atoms with Gasteiger partial charge in [-0.1, -0.05) is 13.0 Å². The topological polar surface area (TPSA) is 49.3 Å². The molecule has 3 nitrogen and oxygen atoms in total. The smallest absolute Gasteiger partial charge is 0.330 e. The third-order valence-corrected chi connectivity index (χ3v) is 1.81. The third-order valence-electron chi connectivity index (χ3n) is 1.81. The summed E-state index contributed by atoms with van der Waals surface area (Å²) in [5, 5.41) is 11.4. The van der Waals surface area contributed by atoms with Crippen LogP contribution in [0, 0.1) is 5.82 Å². The molecule has 0 aliphatic carbocycles. The van der Waals surface area contributed by atoms with Gasteiger partial charge in [0.15, 0.2) is 0 Å². The first kappa shape index (κ1) is 11.2. The molecule has 0 spiro atoms. The number of allylic oxidation sites excluding steroid dienone is 1. The number of rotatable bonds is 4. The maximum absolute atomic E-state index is 12.8. The Morgan fingerprint density at radius 2 is 2.33 bits per heavy atom. The van der Waals surface area contributed by atoms with Gasteiger partial charge in [0.2, 0.25) is 0 Å². The molecule has 80 valence electrons. The van der Waals surface area contributed by atoms with Crippen LogP contribution in [0.1, 0.15) is 13.3 Å². The van der Waals surface area contributed by atoms with E-state index in [1.165, 1.54) is 12.1 Å². The maximum atomic E-state index is 12.8. The Labute approximate surface area is 87.2 Å². The van der Waals surface area contributed by atoms with Crippen molar-refractivity contribution in [3.63, 3.8) is 0 Å². The first-order valence-electron chi connectivity index (χ1n) is 4.58. The van der Waals surface area contributed by atoms with Gasteiger partial charge in [-0.3, -0.25) is 0 Å². The first-order chi connectivity index (χ1) is 7.11. The van der Waals surface area contributed by atoms with Crippen LogP contribution in [-0.4, -0.2) is 11.1 Å². The molecule has 0 aliphatic heterocycles. The van der Waals surface area contributed by atoms with E-state index in [0.717, 1.165) is 6.08 Å². The van der Waals surface area contributed by atoms with Gasteiger partial charge in [0.05, 0.1) is 0 Å².